The Balaban J connectivity index is 1.22. The van der Waals surface area contributed by atoms with Crippen molar-refractivity contribution in [2.24, 2.45) is 0 Å². The van der Waals surface area contributed by atoms with Gasteiger partial charge in [-0.2, -0.15) is 0 Å². The van der Waals surface area contributed by atoms with Gasteiger partial charge in [0.15, 0.2) is 0 Å². The van der Waals surface area contributed by atoms with Gasteiger partial charge in [-0.1, -0.05) is 111 Å². The maximum atomic E-state index is 2.48. The second-order valence-electron chi connectivity index (χ2n) is 14.6. The number of hydrogen-bond donors (Lipinski definition) is 0. The highest BCUT2D eigenvalue weighted by atomic mass is 32.1. The Bertz CT molecular complexity index is 3050. The topological polar surface area (TPSA) is 8.17 Å². The summed E-state index contributed by atoms with van der Waals surface area (Å²) in [6.07, 6.45) is 0. The normalized spacial score (nSPS) is 13.3. The van der Waals surface area contributed by atoms with Crippen LogP contribution in [0.3, 0.4) is 0 Å². The molecule has 0 atom stereocenters. The van der Waals surface area contributed by atoms with E-state index >= 15 is 0 Å². The van der Waals surface area contributed by atoms with Crippen molar-refractivity contribution in [1.82, 2.24) is 4.57 Å². The number of fused-ring (bicyclic) bond motifs is 11. The summed E-state index contributed by atoms with van der Waals surface area (Å²) in [5.41, 5.74) is 12.4. The minimum Gasteiger partial charge on any atom is -0.310 e. The van der Waals surface area contributed by atoms with Crippen LogP contribution in [0.5, 0.6) is 0 Å². The summed E-state index contributed by atoms with van der Waals surface area (Å²) in [5.74, 6) is 0. The van der Waals surface area contributed by atoms with Crippen molar-refractivity contribution in [3.8, 4) is 16.8 Å². The SMILES string of the molecule is CC1(C)c2ccccc2-c2ccc3c(c21)c1cc(N(c2ccccc2)c2ccc4sc5ccccc5c4c2)ccc1n3-c1ccc2ccccc2c1. The Morgan fingerprint density at radius 3 is 2.06 bits per heavy atom. The summed E-state index contributed by atoms with van der Waals surface area (Å²) in [4.78, 5) is 2.42. The summed E-state index contributed by atoms with van der Waals surface area (Å²) in [7, 11) is 0. The van der Waals surface area contributed by atoms with E-state index in [9.17, 15) is 0 Å². The Hall–Kier alpha value is -6.16. The zero-order chi connectivity index (χ0) is 34.6. The van der Waals surface area contributed by atoms with Gasteiger partial charge in [0.1, 0.15) is 0 Å². The van der Waals surface area contributed by atoms with Crippen LogP contribution in [0, 0.1) is 0 Å². The average Bonchev–Trinajstić information content (AvgIpc) is 3.80. The largest absolute Gasteiger partial charge is 0.310 e. The molecule has 10 aromatic rings. The average molecular weight is 683 g/mol. The molecular formula is C49H34N2S. The van der Waals surface area contributed by atoms with Gasteiger partial charge < -0.3 is 9.47 Å². The Labute approximate surface area is 306 Å². The van der Waals surface area contributed by atoms with E-state index in [1.807, 2.05) is 11.3 Å². The lowest BCUT2D eigenvalue weighted by Gasteiger charge is -2.26. The molecule has 0 saturated heterocycles. The first-order chi connectivity index (χ1) is 25.5. The maximum Gasteiger partial charge on any atom is 0.0544 e. The molecule has 8 aromatic carbocycles. The molecule has 1 aliphatic rings. The van der Waals surface area contributed by atoms with E-state index in [1.165, 1.54) is 80.7 Å². The molecule has 52 heavy (non-hydrogen) atoms. The van der Waals surface area contributed by atoms with Crippen LogP contribution in [0.1, 0.15) is 25.0 Å². The number of benzene rings is 8. The minimum atomic E-state index is -0.159. The van der Waals surface area contributed by atoms with E-state index in [4.69, 9.17) is 0 Å². The molecule has 0 bridgehead atoms. The molecule has 0 aliphatic heterocycles. The molecule has 11 rings (SSSR count). The summed E-state index contributed by atoms with van der Waals surface area (Å²) in [5, 5.41) is 7.69. The van der Waals surface area contributed by atoms with E-state index in [2.05, 4.69) is 193 Å². The fraction of sp³-hybridized carbons (Fsp3) is 0.0612. The van der Waals surface area contributed by atoms with Crippen molar-refractivity contribution in [3.63, 3.8) is 0 Å². The van der Waals surface area contributed by atoms with Gasteiger partial charge >= 0.3 is 0 Å². The zero-order valence-electron chi connectivity index (χ0n) is 29.0. The minimum absolute atomic E-state index is 0.159. The quantitative estimate of drug-likeness (QED) is 0.179. The Morgan fingerprint density at radius 2 is 1.17 bits per heavy atom. The lowest BCUT2D eigenvalue weighted by Crippen LogP contribution is -2.15. The summed E-state index contributed by atoms with van der Waals surface area (Å²) in [6, 6.07) is 62.8. The van der Waals surface area contributed by atoms with Crippen LogP contribution < -0.4 is 4.90 Å². The number of rotatable bonds is 4. The van der Waals surface area contributed by atoms with Gasteiger partial charge in [0, 0.05) is 59.1 Å². The lowest BCUT2D eigenvalue weighted by molar-refractivity contribution is 0.666. The van der Waals surface area contributed by atoms with Crippen molar-refractivity contribution in [2.45, 2.75) is 19.3 Å². The van der Waals surface area contributed by atoms with Gasteiger partial charge in [0.2, 0.25) is 0 Å². The van der Waals surface area contributed by atoms with Crippen LogP contribution >= 0.6 is 11.3 Å². The first kappa shape index (κ1) is 29.6. The second-order valence-corrected chi connectivity index (χ2v) is 15.7. The Kier molecular flexibility index (Phi) is 6.21. The van der Waals surface area contributed by atoms with E-state index in [-0.39, 0.29) is 5.41 Å². The number of thiophene rings is 1. The highest BCUT2D eigenvalue weighted by molar-refractivity contribution is 7.25. The molecule has 2 heterocycles. The molecule has 3 heteroatoms. The zero-order valence-corrected chi connectivity index (χ0v) is 29.8. The van der Waals surface area contributed by atoms with Gasteiger partial charge in [-0.15, -0.1) is 11.3 Å². The van der Waals surface area contributed by atoms with E-state index in [0.29, 0.717) is 0 Å². The van der Waals surface area contributed by atoms with Gasteiger partial charge in [-0.25, -0.2) is 0 Å². The third-order valence-electron chi connectivity index (χ3n) is 11.3. The van der Waals surface area contributed by atoms with Crippen molar-refractivity contribution >= 4 is 81.1 Å². The molecule has 2 aromatic heterocycles. The summed E-state index contributed by atoms with van der Waals surface area (Å²) in [6.45, 7) is 4.80. The molecule has 0 spiro atoms. The third kappa shape index (κ3) is 4.17. The summed E-state index contributed by atoms with van der Waals surface area (Å²) < 4.78 is 5.11. The van der Waals surface area contributed by atoms with Crippen LogP contribution in [-0.2, 0) is 5.41 Å². The number of aromatic nitrogens is 1. The number of para-hydroxylation sites is 1. The molecule has 0 fully saturated rings. The second kappa shape index (κ2) is 10.9. The fourth-order valence-electron chi connectivity index (χ4n) is 8.98. The van der Waals surface area contributed by atoms with Crippen molar-refractivity contribution in [2.75, 3.05) is 4.90 Å². The van der Waals surface area contributed by atoms with Crippen LogP contribution in [0.15, 0.2) is 170 Å². The molecule has 0 N–H and O–H groups in total. The highest BCUT2D eigenvalue weighted by Crippen LogP contribution is 2.54. The monoisotopic (exact) mass is 682 g/mol. The number of anilines is 3. The Morgan fingerprint density at radius 1 is 0.481 bits per heavy atom. The van der Waals surface area contributed by atoms with Crippen molar-refractivity contribution in [3.05, 3.63) is 181 Å². The number of nitrogens with zero attached hydrogens (tertiary/aromatic N) is 2. The van der Waals surface area contributed by atoms with Crippen LogP contribution in [0.4, 0.5) is 17.1 Å². The summed E-state index contributed by atoms with van der Waals surface area (Å²) >= 11 is 1.86. The molecule has 0 unspecified atom stereocenters. The molecule has 0 radical (unpaired) electrons. The van der Waals surface area contributed by atoms with Crippen molar-refractivity contribution < 1.29 is 0 Å². The van der Waals surface area contributed by atoms with Gasteiger partial charge in [0.05, 0.1) is 11.0 Å². The van der Waals surface area contributed by atoms with Crippen LogP contribution in [0.2, 0.25) is 0 Å². The third-order valence-corrected chi connectivity index (χ3v) is 12.5. The van der Waals surface area contributed by atoms with Crippen LogP contribution in [0.25, 0.3) is 69.6 Å². The lowest BCUT2D eigenvalue weighted by atomic mass is 9.80. The number of hydrogen-bond acceptors (Lipinski definition) is 2. The van der Waals surface area contributed by atoms with E-state index < -0.39 is 0 Å². The maximum absolute atomic E-state index is 2.48. The van der Waals surface area contributed by atoms with E-state index in [1.54, 1.807) is 0 Å². The molecule has 1 aliphatic carbocycles. The first-order valence-corrected chi connectivity index (χ1v) is 18.8. The van der Waals surface area contributed by atoms with Crippen molar-refractivity contribution in [1.29, 1.82) is 0 Å². The van der Waals surface area contributed by atoms with Gasteiger partial charge in [0.25, 0.3) is 0 Å². The predicted octanol–water partition coefficient (Wildman–Crippen LogP) is 14.1. The first-order valence-electron chi connectivity index (χ1n) is 18.0. The predicted molar refractivity (Wildman–Crippen MR) is 223 cm³/mol. The standard InChI is InChI=1S/C49H34N2S/c1-49(2)42-18-10-8-16-37(42)39-24-26-44-47(48(39)49)41-30-35(22-25-43(41)51(44)34-21-20-31-12-6-7-13-32(31)28-34)50(33-14-4-3-5-15-33)36-23-27-46-40(29-36)38-17-9-11-19-45(38)52-46/h3-30H,1-2H3. The molecule has 246 valence electrons. The molecule has 0 saturated carbocycles. The highest BCUT2D eigenvalue weighted by Gasteiger charge is 2.38. The van der Waals surface area contributed by atoms with E-state index in [0.717, 1.165) is 17.1 Å². The smallest absolute Gasteiger partial charge is 0.0544 e. The molecular weight excluding hydrogens is 649 g/mol. The van der Waals surface area contributed by atoms with Gasteiger partial charge in [-0.3, -0.25) is 0 Å². The van der Waals surface area contributed by atoms with Crippen LogP contribution in [-0.4, -0.2) is 4.57 Å². The molecule has 2 nitrogen and oxygen atoms in total. The molecule has 0 amide bonds. The van der Waals surface area contributed by atoms with Gasteiger partial charge in [-0.05, 0) is 106 Å². The fourth-order valence-corrected chi connectivity index (χ4v) is 10.1.